The topological polar surface area (TPSA) is 17.1 Å². The lowest BCUT2D eigenvalue weighted by Gasteiger charge is -2.05. The number of hydrogen-bond donors (Lipinski definition) is 0. The summed E-state index contributed by atoms with van der Waals surface area (Å²) < 4.78 is 13.2. The molecule has 0 amide bonds. The number of rotatable bonds is 3. The van der Waals surface area contributed by atoms with Gasteiger partial charge in [0.1, 0.15) is 11.6 Å². The van der Waals surface area contributed by atoms with Gasteiger partial charge in [0.25, 0.3) is 0 Å². The highest BCUT2D eigenvalue weighted by atomic mass is 32.2. The minimum atomic E-state index is -0.290. The highest BCUT2D eigenvalue weighted by Gasteiger charge is 2.09. The Balaban J connectivity index is 3.07. The van der Waals surface area contributed by atoms with E-state index in [1.54, 1.807) is 6.07 Å². The highest BCUT2D eigenvalue weighted by Crippen LogP contribution is 2.23. The summed E-state index contributed by atoms with van der Waals surface area (Å²) in [5.74, 6) is -0.303. The Labute approximate surface area is 81.3 Å². The van der Waals surface area contributed by atoms with Gasteiger partial charge in [0.05, 0.1) is 0 Å². The molecule has 3 heteroatoms. The van der Waals surface area contributed by atoms with E-state index in [2.05, 4.69) is 0 Å². The molecule has 0 fully saturated rings. The van der Waals surface area contributed by atoms with Crippen LogP contribution < -0.4 is 0 Å². The maximum Gasteiger partial charge on any atom is 0.134 e. The lowest BCUT2D eigenvalue weighted by atomic mass is 10.1. The van der Waals surface area contributed by atoms with E-state index in [0.29, 0.717) is 5.56 Å². The summed E-state index contributed by atoms with van der Waals surface area (Å²) in [7, 11) is 0. The highest BCUT2D eigenvalue weighted by molar-refractivity contribution is 7.98. The number of Topliss-reactive ketones (excluding diaryl/α,β-unsaturated/α-hetero) is 1. The van der Waals surface area contributed by atoms with Crippen molar-refractivity contribution in [2.75, 3.05) is 6.26 Å². The number of hydrogen-bond acceptors (Lipinski definition) is 2. The van der Waals surface area contributed by atoms with Crippen molar-refractivity contribution in [3.05, 3.63) is 29.6 Å². The van der Waals surface area contributed by atoms with Gasteiger partial charge < -0.3 is 0 Å². The summed E-state index contributed by atoms with van der Waals surface area (Å²) in [4.78, 5) is 11.7. The standard InChI is InChI=1S/C10H11FOS/c1-7(12)6-8-9(11)4-3-5-10(8)13-2/h3-5H,6H2,1-2H3. The summed E-state index contributed by atoms with van der Waals surface area (Å²) in [5.41, 5.74) is 0.516. The molecular weight excluding hydrogens is 187 g/mol. The first-order valence-corrected chi connectivity index (χ1v) is 5.18. The molecule has 0 unspecified atom stereocenters. The van der Waals surface area contributed by atoms with Crippen LogP contribution in [-0.4, -0.2) is 12.0 Å². The quantitative estimate of drug-likeness (QED) is 0.694. The molecule has 1 aromatic carbocycles. The smallest absolute Gasteiger partial charge is 0.134 e. The second kappa shape index (κ2) is 4.42. The molecule has 1 aromatic rings. The van der Waals surface area contributed by atoms with Crippen molar-refractivity contribution in [1.29, 1.82) is 0 Å². The van der Waals surface area contributed by atoms with Gasteiger partial charge in [0.15, 0.2) is 0 Å². The second-order valence-electron chi connectivity index (χ2n) is 2.80. The summed E-state index contributed by atoms with van der Waals surface area (Å²) in [5, 5.41) is 0. The molecule has 0 atom stereocenters. The van der Waals surface area contributed by atoms with Crippen LogP contribution in [0.3, 0.4) is 0 Å². The molecule has 1 rings (SSSR count). The number of ketones is 1. The fourth-order valence-electron chi connectivity index (χ4n) is 1.15. The van der Waals surface area contributed by atoms with E-state index >= 15 is 0 Å². The van der Waals surface area contributed by atoms with Gasteiger partial charge in [-0.25, -0.2) is 4.39 Å². The zero-order valence-electron chi connectivity index (χ0n) is 7.63. The molecule has 0 N–H and O–H groups in total. The lowest BCUT2D eigenvalue weighted by Crippen LogP contribution is -2.01. The summed E-state index contributed by atoms with van der Waals surface area (Å²) >= 11 is 1.46. The first-order valence-electron chi connectivity index (χ1n) is 3.96. The molecule has 0 heterocycles. The van der Waals surface area contributed by atoms with Crippen LogP contribution in [0.25, 0.3) is 0 Å². The van der Waals surface area contributed by atoms with Gasteiger partial charge in [-0.2, -0.15) is 0 Å². The van der Waals surface area contributed by atoms with E-state index in [1.807, 2.05) is 12.3 Å². The Bertz CT molecular complexity index is 323. The summed E-state index contributed by atoms with van der Waals surface area (Å²) in [6.45, 7) is 1.47. The van der Waals surface area contributed by atoms with Crippen LogP contribution in [0.2, 0.25) is 0 Å². The molecule has 0 radical (unpaired) electrons. The third kappa shape index (κ3) is 2.56. The maximum atomic E-state index is 13.2. The molecule has 0 spiro atoms. The van der Waals surface area contributed by atoms with Crippen molar-refractivity contribution in [3.63, 3.8) is 0 Å². The van der Waals surface area contributed by atoms with Gasteiger partial charge in [-0.3, -0.25) is 4.79 Å². The number of carbonyl (C=O) groups is 1. The second-order valence-corrected chi connectivity index (χ2v) is 3.65. The maximum absolute atomic E-state index is 13.2. The first-order chi connectivity index (χ1) is 6.15. The first kappa shape index (κ1) is 10.3. The molecule has 0 saturated heterocycles. The van der Waals surface area contributed by atoms with Crippen molar-refractivity contribution >= 4 is 17.5 Å². The summed E-state index contributed by atoms with van der Waals surface area (Å²) in [6, 6.07) is 4.87. The van der Waals surface area contributed by atoms with Gasteiger partial charge in [-0.1, -0.05) is 6.07 Å². The molecule has 0 bridgehead atoms. The van der Waals surface area contributed by atoms with E-state index in [-0.39, 0.29) is 18.0 Å². The molecule has 70 valence electrons. The van der Waals surface area contributed by atoms with Gasteiger partial charge in [-0.05, 0) is 25.3 Å². The molecule has 0 saturated carbocycles. The van der Waals surface area contributed by atoms with E-state index in [9.17, 15) is 9.18 Å². The van der Waals surface area contributed by atoms with Gasteiger partial charge in [0, 0.05) is 16.9 Å². The fraction of sp³-hybridized carbons (Fsp3) is 0.300. The van der Waals surface area contributed by atoms with Crippen molar-refractivity contribution in [2.45, 2.75) is 18.2 Å². The average molecular weight is 198 g/mol. The van der Waals surface area contributed by atoms with Crippen molar-refractivity contribution in [3.8, 4) is 0 Å². The van der Waals surface area contributed by atoms with Crippen molar-refractivity contribution < 1.29 is 9.18 Å². The van der Waals surface area contributed by atoms with E-state index in [4.69, 9.17) is 0 Å². The average Bonchev–Trinajstić information content (AvgIpc) is 2.08. The molecular formula is C10H11FOS. The Morgan fingerprint density at radius 2 is 2.23 bits per heavy atom. The van der Waals surface area contributed by atoms with Crippen LogP contribution >= 0.6 is 11.8 Å². The Morgan fingerprint density at radius 1 is 1.54 bits per heavy atom. The predicted octanol–water partition coefficient (Wildman–Crippen LogP) is 2.68. The predicted molar refractivity (Wildman–Crippen MR) is 52.6 cm³/mol. The Hall–Kier alpha value is -0.830. The minimum absolute atomic E-state index is 0.0135. The normalized spacial score (nSPS) is 10.1. The van der Waals surface area contributed by atoms with Crippen LogP contribution in [0.4, 0.5) is 4.39 Å². The van der Waals surface area contributed by atoms with Crippen molar-refractivity contribution in [1.82, 2.24) is 0 Å². The van der Waals surface area contributed by atoms with Crippen LogP contribution in [0, 0.1) is 5.82 Å². The van der Waals surface area contributed by atoms with E-state index in [1.165, 1.54) is 24.8 Å². The fourth-order valence-corrected chi connectivity index (χ4v) is 1.78. The van der Waals surface area contributed by atoms with Crippen LogP contribution in [-0.2, 0) is 11.2 Å². The monoisotopic (exact) mass is 198 g/mol. The number of carbonyl (C=O) groups excluding carboxylic acids is 1. The molecule has 13 heavy (non-hydrogen) atoms. The molecule has 0 aliphatic rings. The summed E-state index contributed by atoms with van der Waals surface area (Å²) in [6.07, 6.45) is 2.06. The zero-order chi connectivity index (χ0) is 9.84. The third-order valence-corrected chi connectivity index (χ3v) is 2.54. The van der Waals surface area contributed by atoms with Crippen molar-refractivity contribution in [2.24, 2.45) is 0 Å². The van der Waals surface area contributed by atoms with Crippen LogP contribution in [0.1, 0.15) is 12.5 Å². The van der Waals surface area contributed by atoms with E-state index in [0.717, 1.165) is 4.90 Å². The van der Waals surface area contributed by atoms with Gasteiger partial charge >= 0.3 is 0 Å². The lowest BCUT2D eigenvalue weighted by molar-refractivity contribution is -0.116. The number of thioether (sulfide) groups is 1. The van der Waals surface area contributed by atoms with E-state index < -0.39 is 0 Å². The van der Waals surface area contributed by atoms with Gasteiger partial charge in [0.2, 0.25) is 0 Å². The van der Waals surface area contributed by atoms with Crippen LogP contribution in [0.15, 0.2) is 23.1 Å². The number of halogens is 1. The van der Waals surface area contributed by atoms with Gasteiger partial charge in [-0.15, -0.1) is 11.8 Å². The largest absolute Gasteiger partial charge is 0.300 e. The minimum Gasteiger partial charge on any atom is -0.300 e. The molecule has 1 nitrogen and oxygen atoms in total. The number of benzene rings is 1. The third-order valence-electron chi connectivity index (χ3n) is 1.72. The zero-order valence-corrected chi connectivity index (χ0v) is 8.45. The molecule has 0 aliphatic heterocycles. The molecule has 0 aromatic heterocycles. The Kier molecular flexibility index (Phi) is 3.48. The van der Waals surface area contributed by atoms with Crippen LogP contribution in [0.5, 0.6) is 0 Å². The SMILES string of the molecule is CSc1cccc(F)c1CC(C)=O. The Morgan fingerprint density at radius 3 is 2.77 bits per heavy atom. The molecule has 0 aliphatic carbocycles.